The third-order valence-electron chi connectivity index (χ3n) is 6.14. The number of imide groups is 1. The highest BCUT2D eigenvalue weighted by molar-refractivity contribution is 6.22. The summed E-state index contributed by atoms with van der Waals surface area (Å²) in [5.74, 6) is -0.394. The second kappa shape index (κ2) is 8.09. The molecule has 1 unspecified atom stereocenters. The maximum atomic E-state index is 13.5. The molecule has 32 heavy (non-hydrogen) atoms. The van der Waals surface area contributed by atoms with Crippen LogP contribution in [0.2, 0.25) is 0 Å². The fraction of sp³-hybridized carbons (Fsp3) is 0.240. The van der Waals surface area contributed by atoms with Gasteiger partial charge in [0.1, 0.15) is 5.76 Å². The third-order valence-corrected chi connectivity index (χ3v) is 6.14. The summed E-state index contributed by atoms with van der Waals surface area (Å²) < 4.78 is 5.28. The zero-order chi connectivity index (χ0) is 22.2. The molecule has 0 N–H and O–H groups in total. The number of amides is 3. The number of fused-ring (bicyclic) bond motifs is 1. The fourth-order valence-electron chi connectivity index (χ4n) is 4.41. The van der Waals surface area contributed by atoms with Gasteiger partial charge in [0, 0.05) is 25.2 Å². The number of nitrogens with zero attached hydrogens (tertiary/aromatic N) is 3. The number of carbonyl (C=O) groups is 3. The van der Waals surface area contributed by atoms with E-state index in [9.17, 15) is 14.4 Å². The molecular weight excluding hydrogens is 406 g/mol. The molecule has 162 valence electrons. The lowest BCUT2D eigenvalue weighted by atomic mass is 10.00. The maximum Gasteiger partial charge on any atom is 0.261 e. The number of benzene rings is 2. The van der Waals surface area contributed by atoms with Crippen LogP contribution in [0.1, 0.15) is 48.4 Å². The van der Waals surface area contributed by atoms with Crippen molar-refractivity contribution in [3.05, 3.63) is 94.9 Å². The Morgan fingerprint density at radius 2 is 1.75 bits per heavy atom. The molecule has 1 aromatic heterocycles. The summed E-state index contributed by atoms with van der Waals surface area (Å²) in [7, 11) is 2.05. The number of hydrogen-bond donors (Lipinski definition) is 0. The highest BCUT2D eigenvalue weighted by atomic mass is 16.3. The van der Waals surface area contributed by atoms with Gasteiger partial charge in [-0.05, 0) is 42.9 Å². The molecule has 3 amide bonds. The van der Waals surface area contributed by atoms with Crippen LogP contribution < -0.4 is 0 Å². The standard InChI is InChI=1S/C25H23N3O4/c1-26-11-12-27(22(16-26)17-6-3-2-4-7-17)23(29)18-9-10-20-21(14-18)25(31)28(24(20)30)15-19-8-5-13-32-19/h2-10,13-14,22H,11-12,15-16H2,1H3. The van der Waals surface area contributed by atoms with E-state index in [1.54, 1.807) is 30.3 Å². The zero-order valence-corrected chi connectivity index (χ0v) is 17.7. The fourth-order valence-corrected chi connectivity index (χ4v) is 4.41. The SMILES string of the molecule is CN1CCN(C(=O)c2ccc3c(c2)C(=O)N(Cc2ccco2)C3=O)C(c2ccccc2)C1. The molecule has 2 aliphatic heterocycles. The zero-order valence-electron chi connectivity index (χ0n) is 17.7. The van der Waals surface area contributed by atoms with Crippen molar-refractivity contribution in [3.8, 4) is 0 Å². The molecule has 1 atom stereocenters. The Morgan fingerprint density at radius 1 is 0.969 bits per heavy atom. The van der Waals surface area contributed by atoms with Crippen molar-refractivity contribution in [1.29, 1.82) is 0 Å². The van der Waals surface area contributed by atoms with E-state index in [1.165, 1.54) is 6.26 Å². The average molecular weight is 429 g/mol. The number of piperazine rings is 1. The van der Waals surface area contributed by atoms with Crippen molar-refractivity contribution in [2.75, 3.05) is 26.7 Å². The first kappa shape index (κ1) is 20.2. The van der Waals surface area contributed by atoms with Crippen LogP contribution in [0, 0.1) is 0 Å². The van der Waals surface area contributed by atoms with E-state index in [4.69, 9.17) is 4.42 Å². The molecule has 1 fully saturated rings. The van der Waals surface area contributed by atoms with Crippen LogP contribution in [0.5, 0.6) is 0 Å². The Kier molecular flexibility index (Phi) is 5.11. The monoisotopic (exact) mass is 429 g/mol. The number of hydrogen-bond acceptors (Lipinski definition) is 5. The lowest BCUT2D eigenvalue weighted by molar-refractivity contribution is 0.0497. The first-order valence-electron chi connectivity index (χ1n) is 10.6. The largest absolute Gasteiger partial charge is 0.467 e. The summed E-state index contributed by atoms with van der Waals surface area (Å²) in [6, 6.07) is 18.1. The van der Waals surface area contributed by atoms with Gasteiger partial charge >= 0.3 is 0 Å². The molecule has 2 aliphatic rings. The molecule has 5 rings (SSSR count). The topological polar surface area (TPSA) is 74.1 Å². The van der Waals surface area contributed by atoms with Gasteiger partial charge in [-0.3, -0.25) is 19.3 Å². The van der Waals surface area contributed by atoms with E-state index < -0.39 is 5.91 Å². The summed E-state index contributed by atoms with van der Waals surface area (Å²) >= 11 is 0. The predicted octanol–water partition coefficient (Wildman–Crippen LogP) is 3.20. The van der Waals surface area contributed by atoms with Crippen LogP contribution >= 0.6 is 0 Å². The Bertz CT molecular complexity index is 1170. The minimum Gasteiger partial charge on any atom is -0.467 e. The van der Waals surface area contributed by atoms with Crippen molar-refractivity contribution in [2.45, 2.75) is 12.6 Å². The summed E-state index contributed by atoms with van der Waals surface area (Å²) in [5, 5.41) is 0. The summed E-state index contributed by atoms with van der Waals surface area (Å²) in [6.07, 6.45) is 1.50. The molecule has 0 saturated carbocycles. The maximum absolute atomic E-state index is 13.5. The van der Waals surface area contributed by atoms with Gasteiger partial charge in [-0.15, -0.1) is 0 Å². The Balaban J connectivity index is 1.43. The molecule has 7 nitrogen and oxygen atoms in total. The van der Waals surface area contributed by atoms with Crippen molar-refractivity contribution < 1.29 is 18.8 Å². The third kappa shape index (κ3) is 3.50. The van der Waals surface area contributed by atoms with Crippen LogP contribution in [0.25, 0.3) is 0 Å². The van der Waals surface area contributed by atoms with E-state index in [0.29, 0.717) is 23.4 Å². The van der Waals surface area contributed by atoms with Gasteiger partial charge in [-0.25, -0.2) is 0 Å². The number of furan rings is 1. The minimum atomic E-state index is -0.408. The molecule has 0 bridgehead atoms. The molecule has 3 heterocycles. The van der Waals surface area contributed by atoms with Crippen LogP contribution in [-0.2, 0) is 6.54 Å². The number of likely N-dealkylation sites (N-methyl/N-ethyl adjacent to an activating group) is 1. The summed E-state index contributed by atoms with van der Waals surface area (Å²) in [6.45, 7) is 2.16. The normalized spacial score (nSPS) is 18.8. The molecule has 7 heteroatoms. The van der Waals surface area contributed by atoms with Gasteiger partial charge in [0.05, 0.1) is 30.0 Å². The van der Waals surface area contributed by atoms with E-state index in [0.717, 1.165) is 23.6 Å². The van der Waals surface area contributed by atoms with Crippen molar-refractivity contribution in [3.63, 3.8) is 0 Å². The van der Waals surface area contributed by atoms with Gasteiger partial charge in [0.25, 0.3) is 17.7 Å². The van der Waals surface area contributed by atoms with Crippen molar-refractivity contribution in [1.82, 2.24) is 14.7 Å². The molecule has 0 aliphatic carbocycles. The van der Waals surface area contributed by atoms with Gasteiger partial charge in [0.15, 0.2) is 0 Å². The van der Waals surface area contributed by atoms with Crippen molar-refractivity contribution >= 4 is 17.7 Å². The van der Waals surface area contributed by atoms with Crippen LogP contribution in [0.4, 0.5) is 0 Å². The summed E-state index contributed by atoms with van der Waals surface area (Å²) in [5.41, 5.74) is 2.06. The predicted molar refractivity (Wildman–Crippen MR) is 117 cm³/mol. The van der Waals surface area contributed by atoms with E-state index in [2.05, 4.69) is 4.90 Å². The highest BCUT2D eigenvalue weighted by Gasteiger charge is 2.37. The van der Waals surface area contributed by atoms with Crippen LogP contribution in [0.3, 0.4) is 0 Å². The van der Waals surface area contributed by atoms with Gasteiger partial charge in [-0.2, -0.15) is 0 Å². The molecule has 2 aromatic carbocycles. The van der Waals surface area contributed by atoms with Gasteiger partial charge in [0.2, 0.25) is 0 Å². The lowest BCUT2D eigenvalue weighted by Crippen LogP contribution is -2.49. The lowest BCUT2D eigenvalue weighted by Gasteiger charge is -2.40. The molecule has 1 saturated heterocycles. The second-order valence-electron chi connectivity index (χ2n) is 8.22. The molecule has 3 aromatic rings. The summed E-state index contributed by atoms with van der Waals surface area (Å²) in [4.78, 5) is 44.4. The first-order valence-corrected chi connectivity index (χ1v) is 10.6. The molecule has 0 radical (unpaired) electrons. The quantitative estimate of drug-likeness (QED) is 0.596. The Labute approximate surface area is 185 Å². The van der Waals surface area contributed by atoms with E-state index >= 15 is 0 Å². The molecule has 0 spiro atoms. The Hall–Kier alpha value is -3.71. The first-order chi connectivity index (χ1) is 15.5. The van der Waals surface area contributed by atoms with Crippen molar-refractivity contribution in [2.24, 2.45) is 0 Å². The number of rotatable bonds is 4. The smallest absolute Gasteiger partial charge is 0.261 e. The van der Waals surface area contributed by atoms with Gasteiger partial charge in [-0.1, -0.05) is 30.3 Å². The Morgan fingerprint density at radius 3 is 2.50 bits per heavy atom. The van der Waals surface area contributed by atoms with Crippen LogP contribution in [-0.4, -0.2) is 59.1 Å². The van der Waals surface area contributed by atoms with Crippen LogP contribution in [0.15, 0.2) is 71.3 Å². The highest BCUT2D eigenvalue weighted by Crippen LogP contribution is 2.29. The average Bonchev–Trinajstić information content (AvgIpc) is 3.42. The van der Waals surface area contributed by atoms with E-state index in [1.807, 2.05) is 42.3 Å². The van der Waals surface area contributed by atoms with E-state index in [-0.39, 0.29) is 30.0 Å². The molecular formula is C25H23N3O4. The second-order valence-corrected chi connectivity index (χ2v) is 8.22. The van der Waals surface area contributed by atoms with Gasteiger partial charge < -0.3 is 14.2 Å². The minimum absolute atomic E-state index is 0.0666. The number of carbonyl (C=O) groups excluding carboxylic acids is 3.